The predicted molar refractivity (Wildman–Crippen MR) is 95.6 cm³/mol. The first-order valence-electron chi connectivity index (χ1n) is 8.05. The fourth-order valence-electron chi connectivity index (χ4n) is 2.38. The summed E-state index contributed by atoms with van der Waals surface area (Å²) < 4.78 is 7.00. The SMILES string of the molecule is COCCNC(=O)CCCCc1nnc(SC)n1-c1ccccc1. The molecule has 0 aliphatic heterocycles. The van der Waals surface area contributed by atoms with Gasteiger partial charge in [-0.25, -0.2) is 0 Å². The number of hydrogen-bond acceptors (Lipinski definition) is 5. The van der Waals surface area contributed by atoms with Crippen LogP contribution >= 0.6 is 11.8 Å². The van der Waals surface area contributed by atoms with E-state index < -0.39 is 0 Å². The highest BCUT2D eigenvalue weighted by Crippen LogP contribution is 2.21. The van der Waals surface area contributed by atoms with Crippen LogP contribution in [0.4, 0.5) is 0 Å². The Hall–Kier alpha value is -1.86. The molecule has 24 heavy (non-hydrogen) atoms. The van der Waals surface area contributed by atoms with E-state index in [-0.39, 0.29) is 5.91 Å². The van der Waals surface area contributed by atoms with E-state index >= 15 is 0 Å². The van der Waals surface area contributed by atoms with E-state index in [1.807, 2.05) is 24.5 Å². The van der Waals surface area contributed by atoms with Crippen LogP contribution in [0.25, 0.3) is 5.69 Å². The van der Waals surface area contributed by atoms with Gasteiger partial charge < -0.3 is 10.1 Å². The summed E-state index contributed by atoms with van der Waals surface area (Å²) in [5, 5.41) is 12.3. The molecule has 0 radical (unpaired) electrons. The molecule has 0 unspecified atom stereocenters. The largest absolute Gasteiger partial charge is 0.383 e. The van der Waals surface area contributed by atoms with Crippen LogP contribution in [-0.4, -0.2) is 47.2 Å². The molecule has 2 rings (SSSR count). The van der Waals surface area contributed by atoms with Gasteiger partial charge in [0.1, 0.15) is 5.82 Å². The van der Waals surface area contributed by atoms with Crippen LogP contribution in [0.5, 0.6) is 0 Å². The number of ether oxygens (including phenoxy) is 1. The van der Waals surface area contributed by atoms with Crippen LogP contribution in [0.2, 0.25) is 0 Å². The van der Waals surface area contributed by atoms with Gasteiger partial charge in [0.25, 0.3) is 0 Å². The molecule has 7 heteroatoms. The third-order valence-electron chi connectivity index (χ3n) is 3.58. The molecule has 1 aromatic carbocycles. The van der Waals surface area contributed by atoms with Crippen molar-refractivity contribution in [1.29, 1.82) is 0 Å². The van der Waals surface area contributed by atoms with Crippen molar-refractivity contribution in [3.8, 4) is 5.69 Å². The molecule has 0 atom stereocenters. The van der Waals surface area contributed by atoms with E-state index in [0.29, 0.717) is 19.6 Å². The highest BCUT2D eigenvalue weighted by Gasteiger charge is 2.12. The summed E-state index contributed by atoms with van der Waals surface area (Å²) in [4.78, 5) is 11.7. The maximum Gasteiger partial charge on any atom is 0.220 e. The molecule has 1 amide bonds. The number of benzene rings is 1. The highest BCUT2D eigenvalue weighted by atomic mass is 32.2. The number of thioether (sulfide) groups is 1. The van der Waals surface area contributed by atoms with E-state index in [1.54, 1.807) is 18.9 Å². The molecule has 1 aromatic heterocycles. The topological polar surface area (TPSA) is 69.0 Å². The van der Waals surface area contributed by atoms with Crippen LogP contribution in [0.3, 0.4) is 0 Å². The minimum Gasteiger partial charge on any atom is -0.383 e. The quantitative estimate of drug-likeness (QED) is 0.528. The monoisotopic (exact) mass is 348 g/mol. The zero-order chi connectivity index (χ0) is 17.2. The summed E-state index contributed by atoms with van der Waals surface area (Å²) in [6.07, 6.45) is 5.05. The van der Waals surface area contributed by atoms with Gasteiger partial charge in [0.15, 0.2) is 5.16 Å². The first kappa shape index (κ1) is 18.5. The van der Waals surface area contributed by atoms with Crippen molar-refractivity contribution < 1.29 is 9.53 Å². The molecule has 0 spiro atoms. The van der Waals surface area contributed by atoms with E-state index in [1.165, 1.54) is 0 Å². The van der Waals surface area contributed by atoms with Crippen molar-refractivity contribution in [2.45, 2.75) is 30.8 Å². The van der Waals surface area contributed by atoms with Gasteiger partial charge in [-0.15, -0.1) is 10.2 Å². The van der Waals surface area contributed by atoms with Crippen LogP contribution in [0.1, 0.15) is 25.1 Å². The standard InChI is InChI=1S/C17H24N4O2S/c1-23-13-12-18-16(22)11-7-6-10-15-19-20-17(24-2)21(15)14-8-4-3-5-9-14/h3-5,8-9H,6-7,10-13H2,1-2H3,(H,18,22). The molecule has 130 valence electrons. The molecule has 0 fully saturated rings. The molecular weight excluding hydrogens is 324 g/mol. The highest BCUT2D eigenvalue weighted by molar-refractivity contribution is 7.98. The van der Waals surface area contributed by atoms with Gasteiger partial charge in [0, 0.05) is 32.2 Å². The second kappa shape index (κ2) is 10.1. The van der Waals surface area contributed by atoms with E-state index in [9.17, 15) is 4.79 Å². The summed E-state index contributed by atoms with van der Waals surface area (Å²) in [6.45, 7) is 1.11. The van der Waals surface area contributed by atoms with Gasteiger partial charge in [-0.3, -0.25) is 9.36 Å². The Kier molecular flexibility index (Phi) is 7.77. The molecule has 0 aliphatic carbocycles. The smallest absolute Gasteiger partial charge is 0.220 e. The molecule has 0 saturated heterocycles. The van der Waals surface area contributed by atoms with E-state index in [4.69, 9.17) is 4.74 Å². The van der Waals surface area contributed by atoms with Crippen molar-refractivity contribution in [2.75, 3.05) is 26.5 Å². The third-order valence-corrected chi connectivity index (χ3v) is 4.21. The van der Waals surface area contributed by atoms with Gasteiger partial charge in [-0.1, -0.05) is 30.0 Å². The Bertz CT molecular complexity index is 631. The average molecular weight is 348 g/mol. The van der Waals surface area contributed by atoms with Crippen molar-refractivity contribution in [3.63, 3.8) is 0 Å². The number of hydrogen-bond donors (Lipinski definition) is 1. The lowest BCUT2D eigenvalue weighted by atomic mass is 10.1. The van der Waals surface area contributed by atoms with Crippen LogP contribution in [0, 0.1) is 0 Å². The molecule has 2 aromatic rings. The minimum atomic E-state index is 0.0707. The van der Waals surface area contributed by atoms with Crippen LogP contribution < -0.4 is 5.32 Å². The number of aryl methyl sites for hydroxylation is 1. The number of para-hydroxylation sites is 1. The first-order valence-corrected chi connectivity index (χ1v) is 9.28. The number of nitrogens with zero attached hydrogens (tertiary/aromatic N) is 3. The average Bonchev–Trinajstić information content (AvgIpc) is 3.02. The Morgan fingerprint density at radius 3 is 2.75 bits per heavy atom. The maximum absolute atomic E-state index is 11.7. The van der Waals surface area contributed by atoms with E-state index in [2.05, 4.69) is 32.2 Å². The fourth-order valence-corrected chi connectivity index (χ4v) is 2.90. The number of rotatable bonds is 10. The lowest BCUT2D eigenvalue weighted by molar-refractivity contribution is -0.121. The fraction of sp³-hybridized carbons (Fsp3) is 0.471. The number of aromatic nitrogens is 3. The molecule has 1 heterocycles. The summed E-state index contributed by atoms with van der Waals surface area (Å²) in [5.41, 5.74) is 1.07. The molecule has 0 aliphatic rings. The maximum atomic E-state index is 11.7. The lowest BCUT2D eigenvalue weighted by Crippen LogP contribution is -2.26. The molecule has 1 N–H and O–H groups in total. The summed E-state index contributed by atoms with van der Waals surface area (Å²) >= 11 is 1.58. The summed E-state index contributed by atoms with van der Waals surface area (Å²) in [5.74, 6) is 1.01. The number of methoxy groups -OCH3 is 1. The second-order valence-electron chi connectivity index (χ2n) is 5.32. The van der Waals surface area contributed by atoms with Crippen molar-refractivity contribution in [3.05, 3.63) is 36.2 Å². The molecular formula is C17H24N4O2S. The Morgan fingerprint density at radius 2 is 2.04 bits per heavy atom. The van der Waals surface area contributed by atoms with Crippen molar-refractivity contribution >= 4 is 17.7 Å². The van der Waals surface area contributed by atoms with Crippen LogP contribution in [-0.2, 0) is 16.0 Å². The molecule has 6 nitrogen and oxygen atoms in total. The minimum absolute atomic E-state index is 0.0707. The summed E-state index contributed by atoms with van der Waals surface area (Å²) in [7, 11) is 1.62. The number of nitrogens with one attached hydrogen (secondary N) is 1. The third kappa shape index (κ3) is 5.35. The number of unbranched alkanes of at least 4 members (excludes halogenated alkanes) is 1. The van der Waals surface area contributed by atoms with Gasteiger partial charge in [-0.05, 0) is 31.2 Å². The number of amides is 1. The second-order valence-corrected chi connectivity index (χ2v) is 6.10. The zero-order valence-electron chi connectivity index (χ0n) is 14.2. The van der Waals surface area contributed by atoms with Gasteiger partial charge in [-0.2, -0.15) is 0 Å². The normalized spacial score (nSPS) is 10.8. The summed E-state index contributed by atoms with van der Waals surface area (Å²) in [6, 6.07) is 10.1. The van der Waals surface area contributed by atoms with Crippen molar-refractivity contribution in [1.82, 2.24) is 20.1 Å². The van der Waals surface area contributed by atoms with Gasteiger partial charge in [0.05, 0.1) is 6.61 Å². The predicted octanol–water partition coefficient (Wildman–Crippen LogP) is 2.46. The first-order chi connectivity index (χ1) is 11.8. The zero-order valence-corrected chi connectivity index (χ0v) is 15.0. The number of carbonyl (C=O) groups is 1. The Morgan fingerprint density at radius 1 is 1.25 bits per heavy atom. The lowest BCUT2D eigenvalue weighted by Gasteiger charge is -2.09. The number of carbonyl (C=O) groups excluding carboxylic acids is 1. The molecule has 0 bridgehead atoms. The van der Waals surface area contributed by atoms with Gasteiger partial charge >= 0.3 is 0 Å². The van der Waals surface area contributed by atoms with Crippen LogP contribution in [0.15, 0.2) is 35.5 Å². The molecule has 0 saturated carbocycles. The van der Waals surface area contributed by atoms with Gasteiger partial charge in [0.2, 0.25) is 5.91 Å². The van der Waals surface area contributed by atoms with E-state index in [0.717, 1.165) is 35.9 Å². The Balaban J connectivity index is 1.87. The van der Waals surface area contributed by atoms with Crippen molar-refractivity contribution in [2.24, 2.45) is 0 Å². The Labute approximate surface area is 147 Å².